The van der Waals surface area contributed by atoms with Gasteiger partial charge in [0.2, 0.25) is 0 Å². The first kappa shape index (κ1) is 19.6. The van der Waals surface area contributed by atoms with Crippen molar-refractivity contribution >= 4 is 5.96 Å². The van der Waals surface area contributed by atoms with Crippen molar-refractivity contribution < 1.29 is 9.47 Å². The van der Waals surface area contributed by atoms with Crippen LogP contribution in [0.5, 0.6) is 11.5 Å². The zero-order chi connectivity index (χ0) is 18.8. The van der Waals surface area contributed by atoms with E-state index in [1.807, 2.05) is 31.2 Å². The molecule has 0 aliphatic rings. The third kappa shape index (κ3) is 5.69. The van der Waals surface area contributed by atoms with Crippen molar-refractivity contribution in [1.82, 2.24) is 10.6 Å². The smallest absolute Gasteiger partial charge is 0.191 e. The van der Waals surface area contributed by atoms with E-state index in [9.17, 15) is 0 Å². The van der Waals surface area contributed by atoms with Crippen LogP contribution in [0.4, 0.5) is 0 Å². The molecule has 0 saturated heterocycles. The standard InChI is InChI=1S/C21H29N3O2/c1-5-26-19-9-7-6-8-17(19)12-13-23-21(22-3)24-15-18-11-10-16(2)14-20(18)25-4/h6-11,14H,5,12-13,15H2,1-4H3,(H2,22,23,24). The molecule has 2 aromatic rings. The van der Waals surface area contributed by atoms with Crippen molar-refractivity contribution in [2.75, 3.05) is 27.3 Å². The lowest BCUT2D eigenvalue weighted by Crippen LogP contribution is -2.38. The van der Waals surface area contributed by atoms with Crippen molar-refractivity contribution in [3.05, 3.63) is 59.2 Å². The van der Waals surface area contributed by atoms with E-state index < -0.39 is 0 Å². The van der Waals surface area contributed by atoms with Gasteiger partial charge >= 0.3 is 0 Å². The van der Waals surface area contributed by atoms with E-state index in [4.69, 9.17) is 9.47 Å². The van der Waals surface area contributed by atoms with Crippen molar-refractivity contribution in [1.29, 1.82) is 0 Å². The fourth-order valence-corrected chi connectivity index (χ4v) is 2.72. The number of aliphatic imine (C=N–C) groups is 1. The number of nitrogens with one attached hydrogen (secondary N) is 2. The first-order chi connectivity index (χ1) is 12.7. The van der Waals surface area contributed by atoms with Gasteiger partial charge in [0, 0.05) is 25.7 Å². The molecule has 0 aromatic heterocycles. The number of ether oxygens (including phenoxy) is 2. The van der Waals surface area contributed by atoms with Gasteiger partial charge in [-0.1, -0.05) is 30.3 Å². The first-order valence-electron chi connectivity index (χ1n) is 8.96. The maximum atomic E-state index is 5.67. The van der Waals surface area contributed by atoms with Crippen LogP contribution in [0.2, 0.25) is 0 Å². The molecular formula is C21H29N3O2. The Bertz CT molecular complexity index is 729. The van der Waals surface area contributed by atoms with E-state index in [-0.39, 0.29) is 0 Å². The van der Waals surface area contributed by atoms with Crippen molar-refractivity contribution in [3.8, 4) is 11.5 Å². The molecule has 0 aliphatic heterocycles. The molecule has 0 unspecified atom stereocenters. The first-order valence-corrected chi connectivity index (χ1v) is 8.96. The maximum Gasteiger partial charge on any atom is 0.191 e. The minimum Gasteiger partial charge on any atom is -0.496 e. The summed E-state index contributed by atoms with van der Waals surface area (Å²) in [6.07, 6.45) is 0.866. The lowest BCUT2D eigenvalue weighted by atomic mass is 10.1. The second kappa shape index (κ2) is 10.3. The number of guanidine groups is 1. The van der Waals surface area contributed by atoms with E-state index in [1.165, 1.54) is 11.1 Å². The molecule has 0 spiro atoms. The highest BCUT2D eigenvalue weighted by Gasteiger charge is 2.06. The molecule has 0 saturated carbocycles. The summed E-state index contributed by atoms with van der Waals surface area (Å²) in [6, 6.07) is 14.3. The molecule has 0 fully saturated rings. The number of aryl methyl sites for hydroxylation is 1. The maximum absolute atomic E-state index is 5.67. The number of nitrogens with zero attached hydrogens (tertiary/aromatic N) is 1. The SMILES string of the molecule is CCOc1ccccc1CCNC(=NC)NCc1ccc(C)cc1OC. The lowest BCUT2D eigenvalue weighted by molar-refractivity contribution is 0.336. The number of rotatable bonds is 8. The molecule has 0 heterocycles. The fourth-order valence-electron chi connectivity index (χ4n) is 2.72. The van der Waals surface area contributed by atoms with Gasteiger partial charge in [-0.15, -0.1) is 0 Å². The van der Waals surface area contributed by atoms with Gasteiger partial charge in [0.25, 0.3) is 0 Å². The Balaban J connectivity index is 1.87. The Kier molecular flexibility index (Phi) is 7.80. The highest BCUT2D eigenvalue weighted by Crippen LogP contribution is 2.20. The Morgan fingerprint density at radius 1 is 1.04 bits per heavy atom. The normalized spacial score (nSPS) is 11.2. The second-order valence-corrected chi connectivity index (χ2v) is 5.96. The fraction of sp³-hybridized carbons (Fsp3) is 0.381. The van der Waals surface area contributed by atoms with Gasteiger partial charge in [-0.2, -0.15) is 0 Å². The van der Waals surface area contributed by atoms with Crippen LogP contribution in [0, 0.1) is 6.92 Å². The van der Waals surface area contributed by atoms with Crippen LogP contribution < -0.4 is 20.1 Å². The number of methoxy groups -OCH3 is 1. The third-order valence-corrected chi connectivity index (χ3v) is 4.07. The summed E-state index contributed by atoms with van der Waals surface area (Å²) in [7, 11) is 3.47. The third-order valence-electron chi connectivity index (χ3n) is 4.07. The molecule has 2 rings (SSSR count). The van der Waals surface area contributed by atoms with Crippen molar-refractivity contribution in [3.63, 3.8) is 0 Å². The van der Waals surface area contributed by atoms with Crippen LogP contribution in [-0.2, 0) is 13.0 Å². The predicted octanol–water partition coefficient (Wildman–Crippen LogP) is 3.31. The van der Waals surface area contributed by atoms with Gasteiger partial charge in [-0.25, -0.2) is 0 Å². The number of benzene rings is 2. The van der Waals surface area contributed by atoms with Crippen LogP contribution in [0.25, 0.3) is 0 Å². The molecule has 2 aromatic carbocycles. The highest BCUT2D eigenvalue weighted by molar-refractivity contribution is 5.79. The van der Waals surface area contributed by atoms with Gasteiger partial charge in [-0.3, -0.25) is 4.99 Å². The van der Waals surface area contributed by atoms with Gasteiger partial charge in [0.15, 0.2) is 5.96 Å². The molecular weight excluding hydrogens is 326 g/mol. The van der Waals surface area contributed by atoms with E-state index in [1.54, 1.807) is 14.2 Å². The summed E-state index contributed by atoms with van der Waals surface area (Å²) in [5, 5.41) is 6.68. The van der Waals surface area contributed by atoms with Crippen LogP contribution in [0.15, 0.2) is 47.5 Å². The van der Waals surface area contributed by atoms with E-state index >= 15 is 0 Å². The van der Waals surface area contributed by atoms with Crippen LogP contribution >= 0.6 is 0 Å². The summed E-state index contributed by atoms with van der Waals surface area (Å²) >= 11 is 0. The molecule has 0 atom stereocenters. The minimum absolute atomic E-state index is 0.651. The average Bonchev–Trinajstić information content (AvgIpc) is 2.66. The topological polar surface area (TPSA) is 54.9 Å². The Morgan fingerprint density at radius 2 is 1.85 bits per heavy atom. The summed E-state index contributed by atoms with van der Waals surface area (Å²) in [5.74, 6) is 2.60. The molecule has 2 N–H and O–H groups in total. The number of para-hydroxylation sites is 1. The summed E-state index contributed by atoms with van der Waals surface area (Å²) < 4.78 is 11.1. The Labute approximate surface area is 156 Å². The van der Waals surface area contributed by atoms with Gasteiger partial charge in [0.05, 0.1) is 13.7 Å². The summed E-state index contributed by atoms with van der Waals surface area (Å²) in [6.45, 7) is 6.15. The number of hydrogen-bond acceptors (Lipinski definition) is 3. The predicted molar refractivity (Wildman–Crippen MR) is 107 cm³/mol. The van der Waals surface area contributed by atoms with Crippen molar-refractivity contribution in [2.45, 2.75) is 26.8 Å². The molecule has 5 heteroatoms. The van der Waals surface area contributed by atoms with Crippen LogP contribution in [0.1, 0.15) is 23.6 Å². The molecule has 0 aliphatic carbocycles. The summed E-state index contributed by atoms with van der Waals surface area (Å²) in [4.78, 5) is 4.29. The molecule has 5 nitrogen and oxygen atoms in total. The molecule has 26 heavy (non-hydrogen) atoms. The van der Waals surface area contributed by atoms with Gasteiger partial charge in [-0.05, 0) is 43.5 Å². The monoisotopic (exact) mass is 355 g/mol. The second-order valence-electron chi connectivity index (χ2n) is 5.96. The zero-order valence-electron chi connectivity index (χ0n) is 16.1. The van der Waals surface area contributed by atoms with Crippen LogP contribution in [0.3, 0.4) is 0 Å². The Morgan fingerprint density at radius 3 is 2.58 bits per heavy atom. The van der Waals surface area contributed by atoms with E-state index in [2.05, 4.69) is 40.7 Å². The molecule has 140 valence electrons. The van der Waals surface area contributed by atoms with E-state index in [0.717, 1.165) is 36.0 Å². The van der Waals surface area contributed by atoms with Crippen LogP contribution in [-0.4, -0.2) is 33.3 Å². The molecule has 0 bridgehead atoms. The number of hydrogen-bond donors (Lipinski definition) is 2. The minimum atomic E-state index is 0.651. The quantitative estimate of drug-likeness (QED) is 0.563. The van der Waals surface area contributed by atoms with E-state index in [0.29, 0.717) is 13.2 Å². The lowest BCUT2D eigenvalue weighted by Gasteiger charge is -2.15. The zero-order valence-corrected chi connectivity index (χ0v) is 16.1. The molecule has 0 amide bonds. The average molecular weight is 355 g/mol. The highest BCUT2D eigenvalue weighted by atomic mass is 16.5. The van der Waals surface area contributed by atoms with Crippen molar-refractivity contribution in [2.24, 2.45) is 4.99 Å². The van der Waals surface area contributed by atoms with Gasteiger partial charge < -0.3 is 20.1 Å². The molecule has 0 radical (unpaired) electrons. The largest absolute Gasteiger partial charge is 0.496 e. The van der Waals surface area contributed by atoms with Gasteiger partial charge in [0.1, 0.15) is 11.5 Å². The summed E-state index contributed by atoms with van der Waals surface area (Å²) in [5.41, 5.74) is 3.47. The Hall–Kier alpha value is -2.69.